The number of nitrogens with zero attached hydrogens (tertiary/aromatic N) is 3. The molecule has 3 rings (SSSR count). The van der Waals surface area contributed by atoms with Crippen molar-refractivity contribution < 1.29 is 9.59 Å². The zero-order chi connectivity index (χ0) is 19.1. The first-order valence-electron chi connectivity index (χ1n) is 9.55. The summed E-state index contributed by atoms with van der Waals surface area (Å²) >= 11 is 0. The molecule has 142 valence electrons. The van der Waals surface area contributed by atoms with Gasteiger partial charge in [-0.2, -0.15) is 0 Å². The molecule has 6 nitrogen and oxygen atoms in total. The fourth-order valence-corrected chi connectivity index (χ4v) is 3.36. The fourth-order valence-electron chi connectivity index (χ4n) is 3.36. The van der Waals surface area contributed by atoms with Crippen molar-refractivity contribution in [2.24, 2.45) is 0 Å². The lowest BCUT2D eigenvalue weighted by molar-refractivity contribution is 0.0796. The second-order valence-corrected chi connectivity index (χ2v) is 7.07. The minimum Gasteiger partial charge on any atom is -0.348 e. The molecular formula is C21H26N4O2. The number of aromatic nitrogens is 2. The number of likely N-dealkylation sites (N-methyl/N-ethyl adjacent to an activating group) is 1. The van der Waals surface area contributed by atoms with Crippen molar-refractivity contribution in [3.8, 4) is 0 Å². The van der Waals surface area contributed by atoms with Crippen LogP contribution in [0.3, 0.4) is 0 Å². The van der Waals surface area contributed by atoms with Crippen molar-refractivity contribution in [2.75, 3.05) is 13.6 Å². The molecule has 0 aliphatic heterocycles. The molecule has 6 heteroatoms. The molecule has 0 aromatic carbocycles. The molecule has 2 aromatic heterocycles. The van der Waals surface area contributed by atoms with E-state index in [4.69, 9.17) is 0 Å². The Morgan fingerprint density at radius 1 is 1.11 bits per heavy atom. The molecule has 2 aromatic rings. The van der Waals surface area contributed by atoms with Crippen LogP contribution in [-0.2, 0) is 6.42 Å². The summed E-state index contributed by atoms with van der Waals surface area (Å²) in [7, 11) is 1.77. The van der Waals surface area contributed by atoms with Gasteiger partial charge in [-0.25, -0.2) is 0 Å². The lowest BCUT2D eigenvalue weighted by atomic mass is 9.95. The summed E-state index contributed by atoms with van der Waals surface area (Å²) in [4.78, 5) is 35.0. The van der Waals surface area contributed by atoms with Gasteiger partial charge in [-0.05, 0) is 49.1 Å². The molecule has 1 fully saturated rings. The number of pyridine rings is 2. The number of hydrogen-bond acceptors (Lipinski definition) is 4. The highest BCUT2D eigenvalue weighted by Crippen LogP contribution is 2.18. The zero-order valence-corrected chi connectivity index (χ0v) is 15.7. The van der Waals surface area contributed by atoms with Crippen LogP contribution in [-0.4, -0.2) is 46.3 Å². The molecule has 1 saturated carbocycles. The van der Waals surface area contributed by atoms with E-state index in [1.54, 1.807) is 36.5 Å². The largest absolute Gasteiger partial charge is 0.348 e. The van der Waals surface area contributed by atoms with Gasteiger partial charge >= 0.3 is 0 Å². The highest BCUT2D eigenvalue weighted by molar-refractivity contribution is 5.98. The maximum Gasteiger partial charge on any atom is 0.270 e. The molecule has 0 bridgehead atoms. The number of rotatable bonds is 6. The second-order valence-electron chi connectivity index (χ2n) is 7.07. The van der Waals surface area contributed by atoms with Gasteiger partial charge in [0.25, 0.3) is 11.8 Å². The van der Waals surface area contributed by atoms with Gasteiger partial charge in [-0.1, -0.05) is 19.3 Å². The van der Waals surface area contributed by atoms with Gasteiger partial charge in [-0.3, -0.25) is 19.6 Å². The van der Waals surface area contributed by atoms with Crippen LogP contribution in [0.15, 0.2) is 42.9 Å². The van der Waals surface area contributed by atoms with Gasteiger partial charge in [-0.15, -0.1) is 0 Å². The molecule has 0 unspecified atom stereocenters. The monoisotopic (exact) mass is 366 g/mol. The van der Waals surface area contributed by atoms with Crippen molar-refractivity contribution in [3.05, 3.63) is 59.7 Å². The summed E-state index contributed by atoms with van der Waals surface area (Å²) < 4.78 is 0. The molecule has 2 heterocycles. The van der Waals surface area contributed by atoms with Crippen LogP contribution in [0.1, 0.15) is 58.5 Å². The summed E-state index contributed by atoms with van der Waals surface area (Å²) in [5.41, 5.74) is 1.91. The molecule has 0 radical (unpaired) electrons. The first-order valence-corrected chi connectivity index (χ1v) is 9.55. The Morgan fingerprint density at radius 3 is 2.59 bits per heavy atom. The van der Waals surface area contributed by atoms with Crippen molar-refractivity contribution in [1.82, 2.24) is 20.2 Å². The minimum absolute atomic E-state index is 0.113. The first-order chi connectivity index (χ1) is 13.1. The summed E-state index contributed by atoms with van der Waals surface area (Å²) in [6.45, 7) is 0.592. The molecule has 1 N–H and O–H groups in total. The highest BCUT2D eigenvalue weighted by atomic mass is 16.2. The third-order valence-electron chi connectivity index (χ3n) is 5.01. The Bertz CT molecular complexity index is 773. The third-order valence-corrected chi connectivity index (χ3v) is 5.01. The van der Waals surface area contributed by atoms with E-state index < -0.39 is 0 Å². The molecular weight excluding hydrogens is 340 g/mol. The molecule has 0 saturated heterocycles. The van der Waals surface area contributed by atoms with E-state index in [-0.39, 0.29) is 17.9 Å². The Labute approximate surface area is 160 Å². The Morgan fingerprint density at radius 2 is 1.85 bits per heavy atom. The van der Waals surface area contributed by atoms with Gasteiger partial charge in [0, 0.05) is 43.8 Å². The predicted molar refractivity (Wildman–Crippen MR) is 103 cm³/mol. The van der Waals surface area contributed by atoms with Gasteiger partial charge in [0.15, 0.2) is 0 Å². The van der Waals surface area contributed by atoms with Crippen LogP contribution >= 0.6 is 0 Å². The number of hydrogen-bond donors (Lipinski definition) is 1. The molecule has 1 aliphatic carbocycles. The van der Waals surface area contributed by atoms with Crippen LogP contribution in [0, 0.1) is 0 Å². The number of carbonyl (C=O) groups excluding carboxylic acids is 2. The van der Waals surface area contributed by atoms with E-state index in [1.165, 1.54) is 12.6 Å². The van der Waals surface area contributed by atoms with Gasteiger partial charge in [0.1, 0.15) is 5.69 Å². The van der Waals surface area contributed by atoms with Crippen LogP contribution in [0.25, 0.3) is 0 Å². The maximum atomic E-state index is 12.7. The van der Waals surface area contributed by atoms with E-state index in [0.717, 1.165) is 37.7 Å². The zero-order valence-electron chi connectivity index (χ0n) is 15.7. The van der Waals surface area contributed by atoms with E-state index in [2.05, 4.69) is 15.3 Å². The minimum atomic E-state index is -0.198. The van der Waals surface area contributed by atoms with Crippen molar-refractivity contribution in [1.29, 1.82) is 0 Å². The Balaban J connectivity index is 1.59. The number of carbonyl (C=O) groups is 2. The smallest absolute Gasteiger partial charge is 0.270 e. The fraction of sp³-hybridized carbons (Fsp3) is 0.429. The second kappa shape index (κ2) is 9.26. The topological polar surface area (TPSA) is 75.2 Å². The normalized spacial score (nSPS) is 14.6. The van der Waals surface area contributed by atoms with Gasteiger partial charge < -0.3 is 10.2 Å². The van der Waals surface area contributed by atoms with E-state index in [1.807, 2.05) is 12.1 Å². The van der Waals surface area contributed by atoms with E-state index >= 15 is 0 Å². The number of nitrogens with one attached hydrogen (secondary N) is 1. The molecule has 0 spiro atoms. The average molecular weight is 366 g/mol. The number of amides is 2. The van der Waals surface area contributed by atoms with E-state index in [9.17, 15) is 9.59 Å². The molecule has 2 amide bonds. The standard InChI is InChI=1S/C21H26N4O2/c1-25(14-10-16-7-11-22-12-8-16)21(27)17-9-13-23-19(15-17)20(26)24-18-5-3-2-4-6-18/h7-9,11-13,15,18H,2-6,10,14H2,1H3,(H,24,26). The Kier molecular flexibility index (Phi) is 6.52. The van der Waals surface area contributed by atoms with Crippen LogP contribution in [0.5, 0.6) is 0 Å². The SMILES string of the molecule is CN(CCc1ccncc1)C(=O)c1ccnc(C(=O)NC2CCCCC2)c1. The van der Waals surface area contributed by atoms with Crippen molar-refractivity contribution in [2.45, 2.75) is 44.6 Å². The third kappa shape index (κ3) is 5.36. The van der Waals surface area contributed by atoms with E-state index in [0.29, 0.717) is 17.8 Å². The summed E-state index contributed by atoms with van der Waals surface area (Å²) in [5, 5.41) is 3.04. The highest BCUT2D eigenvalue weighted by Gasteiger charge is 2.19. The predicted octanol–water partition coefficient (Wildman–Crippen LogP) is 2.85. The maximum absolute atomic E-state index is 12.7. The Hall–Kier alpha value is -2.76. The molecule has 1 aliphatic rings. The van der Waals surface area contributed by atoms with Crippen LogP contribution < -0.4 is 5.32 Å². The van der Waals surface area contributed by atoms with Gasteiger partial charge in [0.2, 0.25) is 0 Å². The quantitative estimate of drug-likeness (QED) is 0.853. The summed E-state index contributed by atoms with van der Waals surface area (Å²) in [6, 6.07) is 7.35. The van der Waals surface area contributed by atoms with Crippen molar-refractivity contribution >= 4 is 11.8 Å². The lowest BCUT2D eigenvalue weighted by Gasteiger charge is -2.22. The van der Waals surface area contributed by atoms with Crippen LogP contribution in [0.2, 0.25) is 0 Å². The molecule has 27 heavy (non-hydrogen) atoms. The first kappa shape index (κ1) is 19.0. The average Bonchev–Trinajstić information content (AvgIpc) is 2.73. The van der Waals surface area contributed by atoms with Gasteiger partial charge in [0.05, 0.1) is 0 Å². The molecule has 0 atom stereocenters. The van der Waals surface area contributed by atoms with Crippen molar-refractivity contribution in [3.63, 3.8) is 0 Å². The summed E-state index contributed by atoms with van der Waals surface area (Å²) in [6.07, 6.45) is 11.3. The lowest BCUT2D eigenvalue weighted by Crippen LogP contribution is -2.36. The van der Waals surface area contributed by atoms with Crippen LogP contribution in [0.4, 0.5) is 0 Å². The summed E-state index contributed by atoms with van der Waals surface area (Å²) in [5.74, 6) is -0.311.